The van der Waals surface area contributed by atoms with Gasteiger partial charge in [-0.2, -0.15) is 0 Å². The first-order chi connectivity index (χ1) is 9.79. The molecule has 2 heterocycles. The molecule has 4 rings (SSSR count). The van der Waals surface area contributed by atoms with Crippen molar-refractivity contribution in [3.8, 4) is 22.1 Å². The molecule has 1 aromatic heterocycles. The summed E-state index contributed by atoms with van der Waals surface area (Å²) in [6, 6.07) is 5.62. The van der Waals surface area contributed by atoms with Crippen LogP contribution in [0.2, 0.25) is 0 Å². The van der Waals surface area contributed by atoms with Gasteiger partial charge in [0.15, 0.2) is 11.5 Å². The highest BCUT2D eigenvalue weighted by Crippen LogP contribution is 2.37. The lowest BCUT2D eigenvalue weighted by Gasteiger charge is -1.98. The number of nitrogens with one attached hydrogen (secondary N) is 1. The molecule has 2 aliphatic rings. The lowest BCUT2D eigenvalue weighted by Crippen LogP contribution is -2.12. The number of anilines is 1. The van der Waals surface area contributed by atoms with Crippen LogP contribution in [0.4, 0.5) is 5.13 Å². The number of carbonyl (C=O) groups excluding carboxylic acids is 1. The number of amides is 1. The number of nitrogens with zero attached hydrogens (tertiary/aromatic N) is 2. The second-order valence-corrected chi connectivity index (χ2v) is 5.72. The maximum absolute atomic E-state index is 11.7. The fourth-order valence-electron chi connectivity index (χ4n) is 1.97. The van der Waals surface area contributed by atoms with Crippen molar-refractivity contribution in [2.75, 3.05) is 12.1 Å². The van der Waals surface area contributed by atoms with Gasteiger partial charge in [-0.1, -0.05) is 11.3 Å². The monoisotopic (exact) mass is 289 g/mol. The number of hydrogen-bond donors (Lipinski definition) is 1. The molecule has 1 aromatic carbocycles. The molecule has 0 unspecified atom stereocenters. The maximum atomic E-state index is 11.7. The Kier molecular flexibility index (Phi) is 2.59. The summed E-state index contributed by atoms with van der Waals surface area (Å²) in [5.74, 6) is 1.65. The molecule has 2 aromatic rings. The molecule has 20 heavy (non-hydrogen) atoms. The summed E-state index contributed by atoms with van der Waals surface area (Å²) in [6.45, 7) is 0.248. The smallest absolute Gasteiger partial charge is 0.231 e. The van der Waals surface area contributed by atoms with Gasteiger partial charge < -0.3 is 14.8 Å². The van der Waals surface area contributed by atoms with Crippen molar-refractivity contribution in [3.05, 3.63) is 18.2 Å². The third-order valence-corrected chi connectivity index (χ3v) is 4.11. The van der Waals surface area contributed by atoms with E-state index in [2.05, 4.69) is 15.5 Å². The van der Waals surface area contributed by atoms with Gasteiger partial charge in [-0.15, -0.1) is 10.2 Å². The number of fused-ring (bicyclic) bond motifs is 1. The standard InChI is InChI=1S/C13H11N3O3S/c17-11(7-1-2-7)14-13-16-15-12(20-13)8-3-4-9-10(5-8)19-6-18-9/h3-5,7H,1-2,6H2,(H,14,16,17). The first-order valence-corrected chi connectivity index (χ1v) is 7.15. The largest absolute Gasteiger partial charge is 0.454 e. The molecule has 6 nitrogen and oxygen atoms in total. The molecule has 1 amide bonds. The normalized spacial score (nSPS) is 16.2. The van der Waals surface area contributed by atoms with Gasteiger partial charge in [-0.05, 0) is 31.0 Å². The number of benzene rings is 1. The number of rotatable bonds is 3. The van der Waals surface area contributed by atoms with E-state index in [9.17, 15) is 4.79 Å². The number of ether oxygens (including phenoxy) is 2. The van der Waals surface area contributed by atoms with Crippen LogP contribution in [0.5, 0.6) is 11.5 Å². The first-order valence-electron chi connectivity index (χ1n) is 6.34. The zero-order valence-corrected chi connectivity index (χ0v) is 11.3. The Labute approximate surface area is 118 Å². The van der Waals surface area contributed by atoms with Crippen LogP contribution >= 0.6 is 11.3 Å². The summed E-state index contributed by atoms with van der Waals surface area (Å²) >= 11 is 1.35. The predicted molar refractivity (Wildman–Crippen MR) is 72.8 cm³/mol. The van der Waals surface area contributed by atoms with Crippen molar-refractivity contribution < 1.29 is 14.3 Å². The minimum Gasteiger partial charge on any atom is -0.454 e. The molecular weight excluding hydrogens is 278 g/mol. The third kappa shape index (κ3) is 2.09. The summed E-state index contributed by atoms with van der Waals surface area (Å²) in [5.41, 5.74) is 0.902. The van der Waals surface area contributed by atoms with E-state index in [0.717, 1.165) is 29.2 Å². The van der Waals surface area contributed by atoms with Crippen molar-refractivity contribution in [3.63, 3.8) is 0 Å². The topological polar surface area (TPSA) is 73.3 Å². The fourth-order valence-corrected chi connectivity index (χ4v) is 2.72. The summed E-state index contributed by atoms with van der Waals surface area (Å²) in [7, 11) is 0. The van der Waals surface area contributed by atoms with Gasteiger partial charge in [-0.3, -0.25) is 4.79 Å². The van der Waals surface area contributed by atoms with Crippen LogP contribution in [-0.2, 0) is 4.79 Å². The summed E-state index contributed by atoms with van der Waals surface area (Å²) in [4.78, 5) is 11.7. The first kappa shape index (κ1) is 11.7. The number of aromatic nitrogens is 2. The van der Waals surface area contributed by atoms with E-state index in [0.29, 0.717) is 10.9 Å². The van der Waals surface area contributed by atoms with Gasteiger partial charge in [0.25, 0.3) is 0 Å². The summed E-state index contributed by atoms with van der Waals surface area (Å²) in [5, 5.41) is 12.2. The molecule has 1 aliphatic carbocycles. The van der Waals surface area contributed by atoms with Gasteiger partial charge in [0.2, 0.25) is 17.8 Å². The third-order valence-electron chi connectivity index (χ3n) is 3.22. The van der Waals surface area contributed by atoms with Gasteiger partial charge in [0.05, 0.1) is 0 Å². The molecule has 1 aliphatic heterocycles. The highest BCUT2D eigenvalue weighted by molar-refractivity contribution is 7.18. The Morgan fingerprint density at radius 3 is 2.95 bits per heavy atom. The van der Waals surface area contributed by atoms with Crippen LogP contribution in [0.1, 0.15) is 12.8 Å². The molecule has 1 N–H and O–H groups in total. The Morgan fingerprint density at radius 1 is 1.25 bits per heavy atom. The summed E-state index contributed by atoms with van der Waals surface area (Å²) in [6.07, 6.45) is 1.94. The molecule has 0 bridgehead atoms. The average molecular weight is 289 g/mol. The molecule has 1 saturated carbocycles. The molecule has 7 heteroatoms. The lowest BCUT2D eigenvalue weighted by molar-refractivity contribution is -0.117. The zero-order valence-electron chi connectivity index (χ0n) is 10.5. The van der Waals surface area contributed by atoms with E-state index in [1.54, 1.807) is 0 Å². The lowest BCUT2D eigenvalue weighted by atomic mass is 10.2. The van der Waals surface area contributed by atoms with Gasteiger partial charge in [0.1, 0.15) is 5.01 Å². The van der Waals surface area contributed by atoms with E-state index in [4.69, 9.17) is 9.47 Å². The summed E-state index contributed by atoms with van der Waals surface area (Å²) < 4.78 is 10.6. The highest BCUT2D eigenvalue weighted by atomic mass is 32.1. The van der Waals surface area contributed by atoms with Crippen molar-refractivity contribution in [1.82, 2.24) is 10.2 Å². The Hall–Kier alpha value is -2.15. The van der Waals surface area contributed by atoms with E-state index in [-0.39, 0.29) is 18.6 Å². The molecule has 0 saturated heterocycles. The molecule has 1 fully saturated rings. The second-order valence-electron chi connectivity index (χ2n) is 4.74. The SMILES string of the molecule is O=C(Nc1nnc(-c2ccc3c(c2)OCO3)s1)C1CC1. The van der Waals surface area contributed by atoms with E-state index < -0.39 is 0 Å². The van der Waals surface area contributed by atoms with Crippen LogP contribution in [0.25, 0.3) is 10.6 Å². The number of hydrogen-bond acceptors (Lipinski definition) is 6. The van der Waals surface area contributed by atoms with Gasteiger partial charge >= 0.3 is 0 Å². The minimum absolute atomic E-state index is 0.0402. The highest BCUT2D eigenvalue weighted by Gasteiger charge is 2.30. The molecule has 0 atom stereocenters. The Bertz CT molecular complexity index is 681. The quantitative estimate of drug-likeness (QED) is 0.938. The van der Waals surface area contributed by atoms with E-state index >= 15 is 0 Å². The fraction of sp³-hybridized carbons (Fsp3) is 0.308. The van der Waals surface area contributed by atoms with Crippen LogP contribution < -0.4 is 14.8 Å². The van der Waals surface area contributed by atoms with Crippen LogP contribution in [0, 0.1) is 5.92 Å². The Morgan fingerprint density at radius 2 is 2.10 bits per heavy atom. The maximum Gasteiger partial charge on any atom is 0.231 e. The zero-order chi connectivity index (χ0) is 13.5. The molecule has 0 radical (unpaired) electrons. The average Bonchev–Trinajstić information content (AvgIpc) is 3.03. The minimum atomic E-state index is 0.0402. The molecular formula is C13H11N3O3S. The van der Waals surface area contributed by atoms with Crippen molar-refractivity contribution >= 4 is 22.4 Å². The van der Waals surface area contributed by atoms with Crippen molar-refractivity contribution in [2.45, 2.75) is 12.8 Å². The van der Waals surface area contributed by atoms with Crippen LogP contribution in [0.15, 0.2) is 18.2 Å². The van der Waals surface area contributed by atoms with E-state index in [1.165, 1.54) is 11.3 Å². The van der Waals surface area contributed by atoms with Crippen LogP contribution in [0.3, 0.4) is 0 Å². The number of carbonyl (C=O) groups is 1. The Balaban J connectivity index is 1.56. The predicted octanol–water partition coefficient (Wildman–Crippen LogP) is 2.28. The van der Waals surface area contributed by atoms with E-state index in [1.807, 2.05) is 18.2 Å². The molecule has 102 valence electrons. The van der Waals surface area contributed by atoms with Gasteiger partial charge in [-0.25, -0.2) is 0 Å². The second kappa shape index (κ2) is 4.45. The van der Waals surface area contributed by atoms with Crippen molar-refractivity contribution in [2.24, 2.45) is 5.92 Å². The van der Waals surface area contributed by atoms with Crippen LogP contribution in [-0.4, -0.2) is 22.9 Å². The van der Waals surface area contributed by atoms with Crippen molar-refractivity contribution in [1.29, 1.82) is 0 Å². The van der Waals surface area contributed by atoms with Gasteiger partial charge in [0, 0.05) is 11.5 Å². The molecule has 0 spiro atoms.